The number of piperidine rings is 1. The summed E-state index contributed by atoms with van der Waals surface area (Å²) in [5.41, 5.74) is 0.297. The Hall–Kier alpha value is -1.26. The average Bonchev–Trinajstić information content (AvgIpc) is 2.49. The second-order valence-corrected chi connectivity index (χ2v) is 6.08. The van der Waals surface area contributed by atoms with Gasteiger partial charge in [-0.1, -0.05) is 24.6 Å². The van der Waals surface area contributed by atoms with Gasteiger partial charge in [-0.2, -0.15) is 0 Å². The number of halogens is 1. The molecule has 116 valence electrons. The van der Waals surface area contributed by atoms with Crippen LogP contribution in [0, 0.1) is 5.41 Å². The highest BCUT2D eigenvalue weighted by Crippen LogP contribution is 2.36. The van der Waals surface area contributed by atoms with Gasteiger partial charge in [0.25, 0.3) is 0 Å². The number of ether oxygens (including phenoxy) is 1. The van der Waals surface area contributed by atoms with Crippen molar-refractivity contribution in [2.75, 3.05) is 20.2 Å². The molecular weight excluding hydrogens is 290 g/mol. The smallest absolute Gasteiger partial charge is 0.310 e. The van der Waals surface area contributed by atoms with Crippen LogP contribution >= 0.6 is 11.6 Å². The van der Waals surface area contributed by atoms with Crippen molar-refractivity contribution in [2.45, 2.75) is 32.7 Å². The van der Waals surface area contributed by atoms with Crippen LogP contribution in [0.1, 0.15) is 31.7 Å². The quantitative estimate of drug-likeness (QED) is 0.905. The molecule has 1 aliphatic heterocycles. The largest absolute Gasteiger partial charge is 0.496 e. The van der Waals surface area contributed by atoms with Gasteiger partial charge in [0.05, 0.1) is 12.5 Å². The number of hydrogen-bond donors (Lipinski definition) is 1. The van der Waals surface area contributed by atoms with Crippen LogP contribution in [-0.4, -0.2) is 36.2 Å². The van der Waals surface area contributed by atoms with Gasteiger partial charge in [0.15, 0.2) is 0 Å². The Labute approximate surface area is 130 Å². The Kier molecular flexibility index (Phi) is 5.12. The molecular formula is C16H22ClNO3. The molecule has 1 unspecified atom stereocenters. The summed E-state index contributed by atoms with van der Waals surface area (Å²) in [6.07, 6.45) is 2.29. The SMILES string of the molecule is CCC1(C(=O)O)CCCN(Cc2c(Cl)cccc2OC)C1. The van der Waals surface area contributed by atoms with Gasteiger partial charge in [-0.15, -0.1) is 0 Å². The first-order chi connectivity index (χ1) is 10.0. The van der Waals surface area contributed by atoms with E-state index in [1.54, 1.807) is 7.11 Å². The number of carboxylic acid groups (broad SMARTS) is 1. The normalized spacial score (nSPS) is 23.0. The molecule has 0 saturated carbocycles. The van der Waals surface area contributed by atoms with Crippen molar-refractivity contribution >= 4 is 17.6 Å². The van der Waals surface area contributed by atoms with E-state index >= 15 is 0 Å². The summed E-state index contributed by atoms with van der Waals surface area (Å²) >= 11 is 6.27. The number of rotatable bonds is 5. The highest BCUT2D eigenvalue weighted by atomic mass is 35.5. The van der Waals surface area contributed by atoms with Gasteiger partial charge in [0, 0.05) is 23.7 Å². The van der Waals surface area contributed by atoms with Gasteiger partial charge in [0.1, 0.15) is 5.75 Å². The molecule has 0 aliphatic carbocycles. The van der Waals surface area contributed by atoms with Crippen molar-refractivity contribution < 1.29 is 14.6 Å². The summed E-state index contributed by atoms with van der Waals surface area (Å²) in [7, 11) is 1.62. The summed E-state index contributed by atoms with van der Waals surface area (Å²) in [5.74, 6) is 0.0614. The molecule has 1 heterocycles. The molecule has 2 rings (SSSR count). The molecule has 1 aliphatic rings. The molecule has 1 N–H and O–H groups in total. The van der Waals surface area contributed by atoms with E-state index < -0.39 is 11.4 Å². The third kappa shape index (κ3) is 3.33. The van der Waals surface area contributed by atoms with Crippen LogP contribution in [0.2, 0.25) is 5.02 Å². The first-order valence-electron chi connectivity index (χ1n) is 7.29. The van der Waals surface area contributed by atoms with Crippen molar-refractivity contribution in [3.8, 4) is 5.75 Å². The standard InChI is InChI=1S/C16H22ClNO3/c1-3-16(15(19)20)8-5-9-18(11-16)10-12-13(17)6-4-7-14(12)21-2/h4,6-7H,3,5,8-11H2,1-2H3,(H,19,20). The van der Waals surface area contributed by atoms with E-state index in [1.165, 1.54) is 0 Å². The summed E-state index contributed by atoms with van der Waals surface area (Å²) in [6.45, 7) is 4.03. The van der Waals surface area contributed by atoms with Crippen LogP contribution in [0.25, 0.3) is 0 Å². The molecule has 1 atom stereocenters. The topological polar surface area (TPSA) is 49.8 Å². The van der Waals surface area contributed by atoms with Gasteiger partial charge in [-0.25, -0.2) is 0 Å². The van der Waals surface area contributed by atoms with Gasteiger partial charge < -0.3 is 9.84 Å². The van der Waals surface area contributed by atoms with Crippen LogP contribution in [-0.2, 0) is 11.3 Å². The highest BCUT2D eigenvalue weighted by Gasteiger charge is 2.40. The number of benzene rings is 1. The van der Waals surface area contributed by atoms with E-state index in [0.29, 0.717) is 24.5 Å². The second kappa shape index (κ2) is 6.67. The Bertz CT molecular complexity index is 520. The summed E-state index contributed by atoms with van der Waals surface area (Å²) < 4.78 is 5.37. The lowest BCUT2D eigenvalue weighted by atomic mass is 9.77. The van der Waals surface area contributed by atoms with Crippen molar-refractivity contribution in [3.63, 3.8) is 0 Å². The van der Waals surface area contributed by atoms with Gasteiger partial charge in [-0.05, 0) is 37.9 Å². The minimum absolute atomic E-state index is 0.563. The zero-order valence-electron chi connectivity index (χ0n) is 12.6. The summed E-state index contributed by atoms with van der Waals surface area (Å²) in [6, 6.07) is 5.58. The molecule has 0 spiro atoms. The molecule has 0 amide bonds. The Morgan fingerprint density at radius 1 is 1.52 bits per heavy atom. The molecule has 1 fully saturated rings. The minimum atomic E-state index is -0.694. The van der Waals surface area contributed by atoms with Crippen molar-refractivity contribution in [3.05, 3.63) is 28.8 Å². The molecule has 1 saturated heterocycles. The highest BCUT2D eigenvalue weighted by molar-refractivity contribution is 6.31. The third-order valence-electron chi connectivity index (χ3n) is 4.46. The Morgan fingerprint density at radius 3 is 2.90 bits per heavy atom. The van der Waals surface area contributed by atoms with Crippen LogP contribution in [0.3, 0.4) is 0 Å². The molecule has 0 bridgehead atoms. The number of nitrogens with zero attached hydrogens (tertiary/aromatic N) is 1. The van der Waals surface area contributed by atoms with Crippen LogP contribution in [0.15, 0.2) is 18.2 Å². The maximum absolute atomic E-state index is 11.6. The number of methoxy groups -OCH3 is 1. The molecule has 4 nitrogen and oxygen atoms in total. The fraction of sp³-hybridized carbons (Fsp3) is 0.562. The lowest BCUT2D eigenvalue weighted by Gasteiger charge is -2.39. The maximum Gasteiger partial charge on any atom is 0.310 e. The zero-order valence-corrected chi connectivity index (χ0v) is 13.3. The molecule has 0 aromatic heterocycles. The first-order valence-corrected chi connectivity index (χ1v) is 7.67. The van der Waals surface area contributed by atoms with Crippen molar-refractivity contribution in [1.29, 1.82) is 0 Å². The van der Waals surface area contributed by atoms with E-state index in [4.69, 9.17) is 16.3 Å². The fourth-order valence-electron chi connectivity index (χ4n) is 3.08. The molecule has 1 aromatic carbocycles. The summed E-state index contributed by atoms with van der Waals surface area (Å²) in [4.78, 5) is 13.8. The average molecular weight is 312 g/mol. The number of aliphatic carboxylic acids is 1. The van der Waals surface area contributed by atoms with Crippen molar-refractivity contribution in [2.24, 2.45) is 5.41 Å². The van der Waals surface area contributed by atoms with Crippen LogP contribution in [0.5, 0.6) is 5.75 Å². The van der Waals surface area contributed by atoms with Gasteiger partial charge in [-0.3, -0.25) is 9.69 Å². The predicted octanol–water partition coefficient (Wildman–Crippen LogP) is 3.43. The lowest BCUT2D eigenvalue weighted by molar-refractivity contribution is -0.153. The molecule has 0 radical (unpaired) electrons. The van der Waals surface area contributed by atoms with E-state index in [9.17, 15) is 9.90 Å². The first kappa shape index (κ1) is 16.1. The Balaban J connectivity index is 2.19. The lowest BCUT2D eigenvalue weighted by Crippen LogP contribution is -2.47. The van der Waals surface area contributed by atoms with Crippen molar-refractivity contribution in [1.82, 2.24) is 4.90 Å². The van der Waals surface area contributed by atoms with E-state index in [2.05, 4.69) is 4.90 Å². The number of hydrogen-bond acceptors (Lipinski definition) is 3. The monoisotopic (exact) mass is 311 g/mol. The predicted molar refractivity (Wildman–Crippen MR) is 82.9 cm³/mol. The third-order valence-corrected chi connectivity index (χ3v) is 4.82. The molecule has 1 aromatic rings. The van der Waals surface area contributed by atoms with E-state index in [1.807, 2.05) is 25.1 Å². The van der Waals surface area contributed by atoms with Crippen LogP contribution < -0.4 is 4.74 Å². The Morgan fingerprint density at radius 2 is 2.29 bits per heavy atom. The second-order valence-electron chi connectivity index (χ2n) is 5.67. The summed E-state index contributed by atoms with van der Waals surface area (Å²) in [5, 5.41) is 10.2. The van der Waals surface area contributed by atoms with E-state index in [-0.39, 0.29) is 0 Å². The fourth-order valence-corrected chi connectivity index (χ4v) is 3.31. The maximum atomic E-state index is 11.6. The van der Waals surface area contributed by atoms with Gasteiger partial charge in [0.2, 0.25) is 0 Å². The van der Waals surface area contributed by atoms with Crippen LogP contribution in [0.4, 0.5) is 0 Å². The molecule has 5 heteroatoms. The number of carboxylic acids is 1. The van der Waals surface area contributed by atoms with Gasteiger partial charge >= 0.3 is 5.97 Å². The van der Waals surface area contributed by atoms with E-state index in [0.717, 1.165) is 30.7 Å². The molecule has 21 heavy (non-hydrogen) atoms. The number of carbonyl (C=O) groups is 1. The minimum Gasteiger partial charge on any atom is -0.496 e. The number of likely N-dealkylation sites (tertiary alicyclic amines) is 1. The zero-order chi connectivity index (χ0) is 15.5.